The van der Waals surface area contributed by atoms with E-state index in [0.717, 1.165) is 31.5 Å². The normalized spacial score (nSPS) is 15.2. The van der Waals surface area contributed by atoms with Gasteiger partial charge in [-0.2, -0.15) is 5.10 Å². The molecule has 0 aliphatic heterocycles. The number of hydrogen-bond acceptors (Lipinski definition) is 3. The van der Waals surface area contributed by atoms with Crippen LogP contribution in [0.3, 0.4) is 0 Å². The summed E-state index contributed by atoms with van der Waals surface area (Å²) in [6.07, 6.45) is 10.6. The molecule has 25 heavy (non-hydrogen) atoms. The standard InChI is InChI=1S/C20H28N4O/c25-20(23-19-9-5-2-6-10-19)11-12-21-13-18-14-22-24(16-18)15-17-7-3-1-4-8-17/h1,3-4,7-8,14,16,19,21H,2,5-6,9-13,15H2,(H,23,25). The molecule has 3 rings (SSSR count). The Balaban J connectivity index is 1.33. The minimum Gasteiger partial charge on any atom is -0.353 e. The van der Waals surface area contributed by atoms with E-state index >= 15 is 0 Å². The SMILES string of the molecule is O=C(CCNCc1cnn(Cc2ccccc2)c1)NC1CCCCC1. The number of amides is 1. The van der Waals surface area contributed by atoms with Crippen molar-refractivity contribution in [3.05, 3.63) is 53.9 Å². The van der Waals surface area contributed by atoms with Crippen LogP contribution in [0.1, 0.15) is 49.7 Å². The maximum Gasteiger partial charge on any atom is 0.221 e. The van der Waals surface area contributed by atoms with E-state index in [4.69, 9.17) is 0 Å². The molecule has 1 heterocycles. The van der Waals surface area contributed by atoms with Crippen LogP contribution in [-0.4, -0.2) is 28.3 Å². The van der Waals surface area contributed by atoms with Crippen molar-refractivity contribution in [2.75, 3.05) is 6.54 Å². The van der Waals surface area contributed by atoms with Crippen LogP contribution < -0.4 is 10.6 Å². The van der Waals surface area contributed by atoms with E-state index in [1.165, 1.54) is 24.8 Å². The smallest absolute Gasteiger partial charge is 0.221 e. The lowest BCUT2D eigenvalue weighted by atomic mass is 9.95. The Kier molecular flexibility index (Phi) is 6.63. The maximum absolute atomic E-state index is 12.0. The number of benzene rings is 1. The fourth-order valence-electron chi connectivity index (χ4n) is 3.34. The molecule has 0 saturated heterocycles. The number of carbonyl (C=O) groups is 1. The molecule has 134 valence electrons. The van der Waals surface area contributed by atoms with Gasteiger partial charge in [0.15, 0.2) is 0 Å². The van der Waals surface area contributed by atoms with Gasteiger partial charge < -0.3 is 10.6 Å². The summed E-state index contributed by atoms with van der Waals surface area (Å²) in [5.74, 6) is 0.166. The molecule has 1 fully saturated rings. The third-order valence-corrected chi connectivity index (χ3v) is 4.70. The van der Waals surface area contributed by atoms with Gasteiger partial charge >= 0.3 is 0 Å². The van der Waals surface area contributed by atoms with Gasteiger partial charge in [-0.25, -0.2) is 0 Å². The highest BCUT2D eigenvalue weighted by Gasteiger charge is 2.15. The molecule has 0 spiro atoms. The highest BCUT2D eigenvalue weighted by Crippen LogP contribution is 2.17. The summed E-state index contributed by atoms with van der Waals surface area (Å²) in [5, 5.41) is 10.9. The van der Waals surface area contributed by atoms with E-state index in [9.17, 15) is 4.79 Å². The van der Waals surface area contributed by atoms with Gasteiger partial charge in [0.05, 0.1) is 12.7 Å². The highest BCUT2D eigenvalue weighted by atomic mass is 16.1. The Morgan fingerprint density at radius 1 is 1.12 bits per heavy atom. The molecule has 0 radical (unpaired) electrons. The zero-order chi connectivity index (χ0) is 17.3. The lowest BCUT2D eigenvalue weighted by molar-refractivity contribution is -0.121. The monoisotopic (exact) mass is 340 g/mol. The summed E-state index contributed by atoms with van der Waals surface area (Å²) in [7, 11) is 0. The number of nitrogens with one attached hydrogen (secondary N) is 2. The molecular weight excluding hydrogens is 312 g/mol. The van der Waals surface area contributed by atoms with Crippen molar-refractivity contribution in [3.63, 3.8) is 0 Å². The maximum atomic E-state index is 12.0. The van der Waals surface area contributed by atoms with Gasteiger partial charge in [0.1, 0.15) is 0 Å². The van der Waals surface area contributed by atoms with Gasteiger partial charge in [0.2, 0.25) is 5.91 Å². The Bertz CT molecular complexity index is 647. The van der Waals surface area contributed by atoms with E-state index in [1.54, 1.807) is 0 Å². The summed E-state index contributed by atoms with van der Waals surface area (Å²) in [6.45, 7) is 2.22. The van der Waals surface area contributed by atoms with Crippen molar-refractivity contribution in [1.29, 1.82) is 0 Å². The summed E-state index contributed by atoms with van der Waals surface area (Å²) in [6, 6.07) is 10.7. The van der Waals surface area contributed by atoms with Crippen LogP contribution in [0.25, 0.3) is 0 Å². The predicted molar refractivity (Wildman–Crippen MR) is 99.1 cm³/mol. The van der Waals surface area contributed by atoms with Crippen LogP contribution in [0.4, 0.5) is 0 Å². The summed E-state index contributed by atoms with van der Waals surface area (Å²) in [4.78, 5) is 12.0. The number of carbonyl (C=O) groups excluding carboxylic acids is 1. The molecule has 0 bridgehead atoms. The van der Waals surface area contributed by atoms with Crippen LogP contribution in [0, 0.1) is 0 Å². The summed E-state index contributed by atoms with van der Waals surface area (Å²) in [5.41, 5.74) is 2.38. The number of aromatic nitrogens is 2. The van der Waals surface area contributed by atoms with E-state index in [-0.39, 0.29) is 5.91 Å². The van der Waals surface area contributed by atoms with Gasteiger partial charge in [-0.3, -0.25) is 9.48 Å². The average molecular weight is 340 g/mol. The lowest BCUT2D eigenvalue weighted by Crippen LogP contribution is -2.37. The largest absolute Gasteiger partial charge is 0.353 e. The number of rotatable bonds is 8. The minimum atomic E-state index is 0.166. The zero-order valence-electron chi connectivity index (χ0n) is 14.8. The summed E-state index contributed by atoms with van der Waals surface area (Å²) >= 11 is 0. The molecular formula is C20H28N4O. The van der Waals surface area contributed by atoms with E-state index < -0.39 is 0 Å². The van der Waals surface area contributed by atoms with E-state index in [0.29, 0.717) is 19.0 Å². The van der Waals surface area contributed by atoms with Gasteiger partial charge in [-0.1, -0.05) is 49.6 Å². The van der Waals surface area contributed by atoms with Crippen LogP contribution >= 0.6 is 0 Å². The van der Waals surface area contributed by atoms with Gasteiger partial charge in [-0.15, -0.1) is 0 Å². The third-order valence-electron chi connectivity index (χ3n) is 4.70. The summed E-state index contributed by atoms with van der Waals surface area (Å²) < 4.78 is 1.95. The first-order valence-electron chi connectivity index (χ1n) is 9.35. The van der Waals surface area contributed by atoms with Crippen LogP contribution in [-0.2, 0) is 17.9 Å². The van der Waals surface area contributed by atoms with Gasteiger partial charge in [0.25, 0.3) is 0 Å². The average Bonchev–Trinajstić information content (AvgIpc) is 3.08. The van der Waals surface area contributed by atoms with E-state index in [2.05, 4.69) is 34.1 Å². The number of nitrogens with zero attached hydrogens (tertiary/aromatic N) is 2. The highest BCUT2D eigenvalue weighted by molar-refractivity contribution is 5.76. The quantitative estimate of drug-likeness (QED) is 0.727. The first-order valence-corrected chi connectivity index (χ1v) is 9.35. The van der Waals surface area contributed by atoms with Crippen molar-refractivity contribution in [3.8, 4) is 0 Å². The van der Waals surface area contributed by atoms with Gasteiger partial charge in [-0.05, 0) is 18.4 Å². The Morgan fingerprint density at radius 3 is 2.72 bits per heavy atom. The van der Waals surface area contributed by atoms with Crippen molar-refractivity contribution in [2.45, 2.75) is 57.7 Å². The second-order valence-electron chi connectivity index (χ2n) is 6.86. The number of hydrogen-bond donors (Lipinski definition) is 2. The third kappa shape index (κ3) is 6.02. The fourth-order valence-corrected chi connectivity index (χ4v) is 3.34. The molecule has 5 nitrogen and oxygen atoms in total. The van der Waals surface area contributed by atoms with Crippen molar-refractivity contribution in [1.82, 2.24) is 20.4 Å². The molecule has 2 aromatic rings. The van der Waals surface area contributed by atoms with Crippen LogP contribution in [0.15, 0.2) is 42.7 Å². The van der Waals surface area contributed by atoms with Crippen LogP contribution in [0.2, 0.25) is 0 Å². The Labute approximate surface area is 149 Å². The minimum absolute atomic E-state index is 0.166. The molecule has 1 saturated carbocycles. The Morgan fingerprint density at radius 2 is 1.92 bits per heavy atom. The molecule has 1 aromatic carbocycles. The van der Waals surface area contributed by atoms with Crippen molar-refractivity contribution in [2.24, 2.45) is 0 Å². The second-order valence-corrected chi connectivity index (χ2v) is 6.86. The molecule has 5 heteroatoms. The molecule has 0 atom stereocenters. The first kappa shape index (κ1) is 17.7. The fraction of sp³-hybridized carbons (Fsp3) is 0.500. The van der Waals surface area contributed by atoms with E-state index in [1.807, 2.05) is 29.1 Å². The molecule has 1 aromatic heterocycles. The Hall–Kier alpha value is -2.14. The lowest BCUT2D eigenvalue weighted by Gasteiger charge is -2.22. The molecule has 2 N–H and O–H groups in total. The second kappa shape index (κ2) is 9.37. The van der Waals surface area contributed by atoms with Crippen LogP contribution in [0.5, 0.6) is 0 Å². The zero-order valence-corrected chi connectivity index (χ0v) is 14.8. The predicted octanol–water partition coefficient (Wildman–Crippen LogP) is 2.86. The molecule has 1 amide bonds. The first-order chi connectivity index (χ1) is 12.3. The van der Waals surface area contributed by atoms with Crippen molar-refractivity contribution < 1.29 is 4.79 Å². The van der Waals surface area contributed by atoms with Gasteiger partial charge in [0, 0.05) is 37.3 Å². The molecule has 0 unspecified atom stereocenters. The molecule has 1 aliphatic rings. The molecule has 1 aliphatic carbocycles. The topological polar surface area (TPSA) is 59.0 Å². The van der Waals surface area contributed by atoms with Crippen molar-refractivity contribution >= 4 is 5.91 Å².